The second-order valence-electron chi connectivity index (χ2n) is 10.5. The number of alkyl halides is 1. The van der Waals surface area contributed by atoms with Crippen molar-refractivity contribution in [3.05, 3.63) is 42.1 Å². The lowest BCUT2D eigenvalue weighted by molar-refractivity contribution is 0.0713. The normalized spacial score (nSPS) is 19.7. The number of anilines is 1. The first-order valence-corrected chi connectivity index (χ1v) is 12.3. The minimum absolute atomic E-state index is 0.0343. The lowest BCUT2D eigenvalue weighted by Crippen LogP contribution is -2.47. The van der Waals surface area contributed by atoms with Crippen LogP contribution >= 0.6 is 0 Å². The molecule has 0 spiro atoms. The number of rotatable bonds is 8. The Bertz CT molecular complexity index is 1120. The van der Waals surface area contributed by atoms with E-state index in [0.717, 1.165) is 6.07 Å². The van der Waals surface area contributed by atoms with E-state index in [2.05, 4.69) is 15.3 Å². The molecule has 0 aliphatic carbocycles. The molecule has 2 heterocycles. The highest BCUT2D eigenvalue weighted by molar-refractivity contribution is 5.97. The zero-order chi connectivity index (χ0) is 27.5. The van der Waals surface area contributed by atoms with Gasteiger partial charge in [0.1, 0.15) is 24.1 Å². The number of aromatic nitrogens is 2. The minimum Gasteiger partial charge on any atom is -0.465 e. The first kappa shape index (κ1) is 28.1. The molecular formula is C26H35F2N5O4. The van der Waals surface area contributed by atoms with Gasteiger partial charge in [0, 0.05) is 31.1 Å². The van der Waals surface area contributed by atoms with E-state index in [4.69, 9.17) is 9.84 Å². The first-order chi connectivity index (χ1) is 17.3. The predicted octanol–water partition coefficient (Wildman–Crippen LogP) is 4.74. The van der Waals surface area contributed by atoms with Gasteiger partial charge in [-0.2, -0.15) is 0 Å². The van der Waals surface area contributed by atoms with Crippen molar-refractivity contribution in [2.45, 2.75) is 59.8 Å². The SMILES string of the molecule is CCN(C(=O)c1cc(F)ccc1Oc1cncnc1N1C[C@@H](F)[C@H](CNC(=O)O)C1C(C)(C)C)C(C)C. The summed E-state index contributed by atoms with van der Waals surface area (Å²) in [6.45, 7) is 11.7. The largest absolute Gasteiger partial charge is 0.465 e. The quantitative estimate of drug-likeness (QED) is 0.519. The summed E-state index contributed by atoms with van der Waals surface area (Å²) in [7, 11) is 0. The second-order valence-corrected chi connectivity index (χ2v) is 10.5. The van der Waals surface area contributed by atoms with E-state index in [-0.39, 0.29) is 42.1 Å². The third-order valence-electron chi connectivity index (χ3n) is 6.50. The number of amides is 2. The lowest BCUT2D eigenvalue weighted by atomic mass is 9.79. The summed E-state index contributed by atoms with van der Waals surface area (Å²) in [6, 6.07) is 3.15. The van der Waals surface area contributed by atoms with Crippen LogP contribution < -0.4 is 15.0 Å². The summed E-state index contributed by atoms with van der Waals surface area (Å²) in [5.41, 5.74) is -0.407. The molecule has 1 aliphatic rings. The molecule has 1 saturated heterocycles. The molecule has 0 bridgehead atoms. The van der Waals surface area contributed by atoms with E-state index >= 15 is 4.39 Å². The van der Waals surface area contributed by atoms with Gasteiger partial charge in [0.05, 0.1) is 18.3 Å². The summed E-state index contributed by atoms with van der Waals surface area (Å²) in [5.74, 6) is -1.01. The molecule has 9 nitrogen and oxygen atoms in total. The third kappa shape index (κ3) is 6.26. The van der Waals surface area contributed by atoms with E-state index in [1.165, 1.54) is 24.7 Å². The number of carbonyl (C=O) groups excluding carboxylic acids is 1. The van der Waals surface area contributed by atoms with Crippen LogP contribution in [-0.4, -0.2) is 69.9 Å². The van der Waals surface area contributed by atoms with Gasteiger partial charge >= 0.3 is 6.09 Å². The summed E-state index contributed by atoms with van der Waals surface area (Å²) < 4.78 is 35.6. The average molecular weight is 520 g/mol. The van der Waals surface area contributed by atoms with Crippen molar-refractivity contribution in [3.63, 3.8) is 0 Å². The first-order valence-electron chi connectivity index (χ1n) is 12.3. The van der Waals surface area contributed by atoms with Gasteiger partial charge in [0.15, 0.2) is 11.6 Å². The molecule has 1 aliphatic heterocycles. The zero-order valence-corrected chi connectivity index (χ0v) is 22.0. The van der Waals surface area contributed by atoms with Gasteiger partial charge in [-0.1, -0.05) is 20.8 Å². The molecule has 3 atom stereocenters. The minimum atomic E-state index is -1.33. The average Bonchev–Trinajstić information content (AvgIpc) is 3.15. The fraction of sp³-hybridized carbons (Fsp3) is 0.538. The highest BCUT2D eigenvalue weighted by Gasteiger charge is 2.49. The number of carbonyl (C=O) groups is 2. The molecule has 2 N–H and O–H groups in total. The van der Waals surface area contributed by atoms with Crippen LogP contribution in [0.1, 0.15) is 51.9 Å². The molecule has 1 aromatic heterocycles. The van der Waals surface area contributed by atoms with Crippen molar-refractivity contribution in [1.29, 1.82) is 0 Å². The molecule has 2 amide bonds. The molecule has 202 valence electrons. The predicted molar refractivity (Wildman–Crippen MR) is 135 cm³/mol. The Kier molecular flexibility index (Phi) is 8.55. The smallest absolute Gasteiger partial charge is 0.404 e. The highest BCUT2D eigenvalue weighted by atomic mass is 19.1. The van der Waals surface area contributed by atoms with Crippen molar-refractivity contribution in [2.75, 3.05) is 24.5 Å². The van der Waals surface area contributed by atoms with Gasteiger partial charge in [-0.15, -0.1) is 0 Å². The fourth-order valence-corrected chi connectivity index (χ4v) is 5.01. The van der Waals surface area contributed by atoms with Gasteiger partial charge in [0.2, 0.25) is 0 Å². The molecule has 0 saturated carbocycles. The van der Waals surface area contributed by atoms with Crippen molar-refractivity contribution in [1.82, 2.24) is 20.2 Å². The van der Waals surface area contributed by atoms with Gasteiger partial charge < -0.3 is 25.0 Å². The van der Waals surface area contributed by atoms with Crippen LogP contribution in [0.25, 0.3) is 0 Å². The zero-order valence-electron chi connectivity index (χ0n) is 22.0. The molecule has 0 radical (unpaired) electrons. The topological polar surface area (TPSA) is 108 Å². The Labute approximate surface area is 215 Å². The molecule has 1 unspecified atom stereocenters. The van der Waals surface area contributed by atoms with Crippen LogP contribution in [0.2, 0.25) is 0 Å². The fourth-order valence-electron chi connectivity index (χ4n) is 5.01. The Hall–Kier alpha value is -3.50. The van der Waals surface area contributed by atoms with Crippen LogP contribution in [0, 0.1) is 17.2 Å². The monoisotopic (exact) mass is 519 g/mol. The standard InChI is InChI=1S/C26H35F2N5O4/c1-7-32(15(2)3)24(34)17-10-16(27)8-9-20(17)37-21-12-29-14-31-23(21)33-13-19(28)18(11-30-25(35)36)22(33)26(4,5)6/h8-10,12,14-15,18-19,22,30H,7,11,13H2,1-6H3,(H,35,36)/t18-,19+,22?/m0/s1. The third-order valence-corrected chi connectivity index (χ3v) is 6.50. The van der Waals surface area contributed by atoms with E-state index in [1.807, 2.05) is 41.5 Å². The van der Waals surface area contributed by atoms with E-state index in [0.29, 0.717) is 12.4 Å². The van der Waals surface area contributed by atoms with Crippen molar-refractivity contribution >= 4 is 17.8 Å². The molecule has 1 aromatic carbocycles. The Morgan fingerprint density at radius 3 is 2.59 bits per heavy atom. The molecule has 11 heteroatoms. The Balaban J connectivity index is 2.02. The van der Waals surface area contributed by atoms with Crippen molar-refractivity contribution in [2.24, 2.45) is 11.3 Å². The van der Waals surface area contributed by atoms with Gasteiger partial charge in [-0.05, 0) is 44.4 Å². The summed E-state index contributed by atoms with van der Waals surface area (Å²) in [4.78, 5) is 36.1. The number of halogens is 2. The van der Waals surface area contributed by atoms with Gasteiger partial charge in [-0.25, -0.2) is 23.5 Å². The maximum absolute atomic E-state index is 15.3. The molecule has 1 fully saturated rings. The lowest BCUT2D eigenvalue weighted by Gasteiger charge is -2.39. The number of ether oxygens (including phenoxy) is 1. The van der Waals surface area contributed by atoms with E-state index in [9.17, 15) is 14.0 Å². The number of hydrogen-bond donors (Lipinski definition) is 2. The summed E-state index contributed by atoms with van der Waals surface area (Å²) in [6.07, 6.45) is 0.175. The van der Waals surface area contributed by atoms with Gasteiger partial charge in [-0.3, -0.25) is 4.79 Å². The van der Waals surface area contributed by atoms with Crippen LogP contribution in [-0.2, 0) is 0 Å². The van der Waals surface area contributed by atoms with Crippen LogP contribution in [0.3, 0.4) is 0 Å². The maximum atomic E-state index is 15.3. The van der Waals surface area contributed by atoms with Crippen LogP contribution in [0.5, 0.6) is 11.5 Å². The second kappa shape index (κ2) is 11.3. The number of benzene rings is 1. The molecule has 2 aromatic rings. The number of nitrogens with one attached hydrogen (secondary N) is 1. The molecule has 37 heavy (non-hydrogen) atoms. The Morgan fingerprint density at radius 1 is 1.30 bits per heavy atom. The van der Waals surface area contributed by atoms with E-state index in [1.54, 1.807) is 9.80 Å². The highest BCUT2D eigenvalue weighted by Crippen LogP contribution is 2.43. The number of hydrogen-bond acceptors (Lipinski definition) is 6. The summed E-state index contributed by atoms with van der Waals surface area (Å²) in [5, 5.41) is 11.4. The van der Waals surface area contributed by atoms with Crippen molar-refractivity contribution in [3.8, 4) is 11.5 Å². The van der Waals surface area contributed by atoms with E-state index < -0.39 is 35.5 Å². The van der Waals surface area contributed by atoms with Gasteiger partial charge in [0.25, 0.3) is 5.91 Å². The Morgan fingerprint density at radius 2 is 2.00 bits per heavy atom. The number of nitrogens with zero attached hydrogens (tertiary/aromatic N) is 4. The molecular weight excluding hydrogens is 484 g/mol. The number of carboxylic acid groups (broad SMARTS) is 1. The maximum Gasteiger partial charge on any atom is 0.404 e. The van der Waals surface area contributed by atoms with Crippen LogP contribution in [0.15, 0.2) is 30.7 Å². The molecule has 3 rings (SSSR count). The van der Waals surface area contributed by atoms with Crippen molar-refractivity contribution < 1.29 is 28.2 Å². The van der Waals surface area contributed by atoms with Crippen LogP contribution in [0.4, 0.5) is 19.4 Å². The summed E-state index contributed by atoms with van der Waals surface area (Å²) >= 11 is 0.